The normalized spacial score (nSPS) is 22.0. The minimum atomic E-state index is -1.03. The second kappa shape index (κ2) is 19.2. The fraction of sp³-hybridized carbons (Fsp3) is 0.417. The third kappa shape index (κ3) is 11.5. The molecule has 1 amide bonds. The summed E-state index contributed by atoms with van der Waals surface area (Å²) in [4.78, 5) is 13.1. The van der Waals surface area contributed by atoms with Gasteiger partial charge in [-0.25, -0.2) is 0 Å². The van der Waals surface area contributed by atoms with Crippen LogP contribution >= 0.6 is 0 Å². The van der Waals surface area contributed by atoms with Gasteiger partial charge < -0.3 is 39.2 Å². The van der Waals surface area contributed by atoms with Gasteiger partial charge in [-0.15, -0.1) is 6.58 Å². The van der Waals surface area contributed by atoms with Gasteiger partial charge in [-0.3, -0.25) is 4.79 Å². The third-order valence-corrected chi connectivity index (χ3v) is 7.44. The van der Waals surface area contributed by atoms with Crippen LogP contribution in [0.5, 0.6) is 0 Å². The van der Waals surface area contributed by atoms with Gasteiger partial charge in [-0.1, -0.05) is 97.1 Å². The molecule has 3 aromatic rings. The molecule has 0 spiro atoms. The van der Waals surface area contributed by atoms with Crippen LogP contribution in [0.4, 0.5) is 0 Å². The molecule has 1 saturated heterocycles. The molecule has 0 saturated carbocycles. The number of hydrogen-bond donors (Lipinski definition) is 3. The summed E-state index contributed by atoms with van der Waals surface area (Å²) in [6.45, 7) is 4.15. The molecule has 3 N–H and O–H groups in total. The zero-order valence-electron chi connectivity index (χ0n) is 25.6. The standard InChI is InChI=1S/C36H45NO8/c1-2-3-19-32(40)37-33-35(44-24-29-17-11-6-12-18-29)34(43-23-28-15-9-5-10-16-28)31(26-41-25-30(39)22-38)45-36(33)42-21-20-27-13-7-4-8-14-27/h2,4-18,30-31,33-36,38-39H,1,3,19-26H2,(H,37,40)/t30?,31-,33-,34-,35-,36+/m1/s1. The number of hydrogen-bond acceptors (Lipinski definition) is 8. The number of amides is 1. The highest BCUT2D eigenvalue weighted by molar-refractivity contribution is 5.76. The number of ether oxygens (including phenoxy) is 5. The molecule has 3 aromatic carbocycles. The summed E-state index contributed by atoms with van der Waals surface area (Å²) in [6.07, 6.45) is -0.836. The SMILES string of the molecule is C=CCCC(=O)N[C@H]1[C@@H](OCCc2ccccc2)O[C@H](COCC(O)CO)[C@@H](OCc2ccccc2)[C@@H]1OCc1ccccc1. The molecule has 1 heterocycles. The number of allylic oxidation sites excluding steroid dienone is 1. The van der Waals surface area contributed by atoms with E-state index in [2.05, 4.69) is 11.9 Å². The van der Waals surface area contributed by atoms with Crippen molar-refractivity contribution in [2.24, 2.45) is 0 Å². The highest BCUT2D eigenvalue weighted by Gasteiger charge is 2.49. The molecule has 0 aromatic heterocycles. The Kier molecular flexibility index (Phi) is 14.7. The third-order valence-electron chi connectivity index (χ3n) is 7.44. The fourth-order valence-electron chi connectivity index (χ4n) is 5.07. The highest BCUT2D eigenvalue weighted by Crippen LogP contribution is 2.29. The van der Waals surface area contributed by atoms with Crippen LogP contribution in [0.2, 0.25) is 0 Å². The maximum absolute atomic E-state index is 13.1. The Labute approximate surface area is 265 Å². The molecule has 1 unspecified atom stereocenters. The monoisotopic (exact) mass is 619 g/mol. The van der Waals surface area contributed by atoms with Crippen LogP contribution < -0.4 is 5.32 Å². The molecule has 9 heteroatoms. The Balaban J connectivity index is 1.62. The Morgan fingerprint density at radius 2 is 1.44 bits per heavy atom. The quantitative estimate of drug-likeness (QED) is 0.173. The predicted molar refractivity (Wildman–Crippen MR) is 170 cm³/mol. The maximum Gasteiger partial charge on any atom is 0.220 e. The number of rotatable bonds is 19. The average molecular weight is 620 g/mol. The zero-order valence-corrected chi connectivity index (χ0v) is 25.6. The number of carbonyl (C=O) groups excluding carboxylic acids is 1. The summed E-state index contributed by atoms with van der Waals surface area (Å²) in [5, 5.41) is 22.3. The van der Waals surface area contributed by atoms with Gasteiger partial charge in [0.1, 0.15) is 30.5 Å². The van der Waals surface area contributed by atoms with Gasteiger partial charge in [0.2, 0.25) is 5.91 Å². The van der Waals surface area contributed by atoms with Gasteiger partial charge in [-0.05, 0) is 29.5 Å². The molecule has 4 rings (SSSR count). The van der Waals surface area contributed by atoms with E-state index < -0.39 is 43.4 Å². The van der Waals surface area contributed by atoms with Crippen LogP contribution in [-0.4, -0.2) is 79.3 Å². The summed E-state index contributed by atoms with van der Waals surface area (Å²) >= 11 is 0. The number of nitrogens with one attached hydrogen (secondary N) is 1. The molecule has 6 atom stereocenters. The van der Waals surface area contributed by atoms with Crippen LogP contribution in [0.25, 0.3) is 0 Å². The van der Waals surface area contributed by atoms with Gasteiger partial charge in [0.15, 0.2) is 6.29 Å². The van der Waals surface area contributed by atoms with Gasteiger partial charge in [0.25, 0.3) is 0 Å². The van der Waals surface area contributed by atoms with Gasteiger partial charge in [0, 0.05) is 6.42 Å². The second-order valence-corrected chi connectivity index (χ2v) is 11.0. The molecule has 0 aliphatic carbocycles. The van der Waals surface area contributed by atoms with Crippen molar-refractivity contribution in [2.45, 2.75) is 69.2 Å². The van der Waals surface area contributed by atoms with Gasteiger partial charge in [0.05, 0.1) is 39.6 Å². The van der Waals surface area contributed by atoms with Crippen molar-refractivity contribution in [3.63, 3.8) is 0 Å². The summed E-state index contributed by atoms with van der Waals surface area (Å²) < 4.78 is 31.7. The summed E-state index contributed by atoms with van der Waals surface area (Å²) in [6, 6.07) is 28.8. The summed E-state index contributed by atoms with van der Waals surface area (Å²) in [7, 11) is 0. The zero-order chi connectivity index (χ0) is 31.7. The Morgan fingerprint density at radius 1 is 0.867 bits per heavy atom. The number of carbonyl (C=O) groups is 1. The summed E-state index contributed by atoms with van der Waals surface area (Å²) in [5.41, 5.74) is 3.03. The number of aliphatic hydroxyl groups excluding tert-OH is 2. The van der Waals surface area contributed by atoms with E-state index in [1.165, 1.54) is 0 Å². The van der Waals surface area contributed by atoms with Crippen LogP contribution in [0.1, 0.15) is 29.5 Å². The number of benzene rings is 3. The smallest absolute Gasteiger partial charge is 0.220 e. The van der Waals surface area contributed by atoms with E-state index in [9.17, 15) is 15.0 Å². The summed E-state index contributed by atoms with van der Waals surface area (Å²) in [5.74, 6) is -0.184. The molecule has 0 radical (unpaired) electrons. The predicted octanol–water partition coefficient (Wildman–Crippen LogP) is 3.96. The molecule has 1 aliphatic rings. The van der Waals surface area contributed by atoms with Crippen LogP contribution in [0.15, 0.2) is 104 Å². The van der Waals surface area contributed by atoms with Gasteiger partial charge in [-0.2, -0.15) is 0 Å². The minimum Gasteiger partial charge on any atom is -0.394 e. The lowest BCUT2D eigenvalue weighted by atomic mass is 9.95. The van der Waals surface area contributed by atoms with E-state index in [0.717, 1.165) is 16.7 Å². The first kappa shape index (κ1) is 34.5. The van der Waals surface area contributed by atoms with E-state index in [0.29, 0.717) is 19.4 Å². The van der Waals surface area contributed by atoms with Crippen molar-refractivity contribution in [3.8, 4) is 0 Å². The van der Waals surface area contributed by atoms with E-state index in [4.69, 9.17) is 23.7 Å². The largest absolute Gasteiger partial charge is 0.394 e. The lowest BCUT2D eigenvalue weighted by molar-refractivity contribution is -0.290. The Hall–Kier alpha value is -3.41. The second-order valence-electron chi connectivity index (χ2n) is 11.0. The molecule has 45 heavy (non-hydrogen) atoms. The first-order chi connectivity index (χ1) is 22.1. The van der Waals surface area contributed by atoms with Crippen molar-refractivity contribution in [3.05, 3.63) is 120 Å². The maximum atomic E-state index is 13.1. The lowest BCUT2D eigenvalue weighted by Crippen LogP contribution is -2.66. The molecule has 242 valence electrons. The molecular formula is C36H45NO8. The molecule has 1 aliphatic heterocycles. The van der Waals surface area contributed by atoms with Crippen molar-refractivity contribution in [1.82, 2.24) is 5.32 Å². The van der Waals surface area contributed by atoms with Crippen LogP contribution in [0.3, 0.4) is 0 Å². The first-order valence-electron chi connectivity index (χ1n) is 15.5. The molecule has 1 fully saturated rings. The number of aliphatic hydroxyl groups is 2. The van der Waals surface area contributed by atoms with Crippen LogP contribution in [-0.2, 0) is 48.1 Å². The van der Waals surface area contributed by atoms with Crippen molar-refractivity contribution in [1.29, 1.82) is 0 Å². The molecule has 0 bridgehead atoms. The van der Waals surface area contributed by atoms with Crippen molar-refractivity contribution >= 4 is 5.91 Å². The van der Waals surface area contributed by atoms with Gasteiger partial charge >= 0.3 is 0 Å². The Bertz CT molecular complexity index is 1250. The fourth-order valence-corrected chi connectivity index (χ4v) is 5.07. The lowest BCUT2D eigenvalue weighted by Gasteiger charge is -2.46. The van der Waals surface area contributed by atoms with E-state index in [-0.39, 0.29) is 38.8 Å². The van der Waals surface area contributed by atoms with E-state index >= 15 is 0 Å². The van der Waals surface area contributed by atoms with E-state index in [1.54, 1.807) is 6.08 Å². The topological polar surface area (TPSA) is 116 Å². The van der Waals surface area contributed by atoms with E-state index in [1.807, 2.05) is 91.0 Å². The molecular weight excluding hydrogens is 574 g/mol. The van der Waals surface area contributed by atoms with Crippen LogP contribution in [0, 0.1) is 0 Å². The minimum absolute atomic E-state index is 0.0391. The average Bonchev–Trinajstić information content (AvgIpc) is 3.08. The Morgan fingerprint density at radius 3 is 2.02 bits per heavy atom. The highest BCUT2D eigenvalue weighted by atomic mass is 16.7. The first-order valence-corrected chi connectivity index (χ1v) is 15.5. The van der Waals surface area contributed by atoms with Crippen molar-refractivity contribution < 1.29 is 38.7 Å². The molecule has 9 nitrogen and oxygen atoms in total. The van der Waals surface area contributed by atoms with Crippen molar-refractivity contribution in [2.75, 3.05) is 26.4 Å².